The highest BCUT2D eigenvalue weighted by atomic mass is 16.5. The number of carboxylic acid groups (broad SMARTS) is 1. The van der Waals surface area contributed by atoms with Crippen molar-refractivity contribution in [3.63, 3.8) is 0 Å². The lowest BCUT2D eigenvalue weighted by molar-refractivity contribution is -0.141. The number of ether oxygens (including phenoxy) is 3. The number of carboxylic acids is 1. The highest BCUT2D eigenvalue weighted by Crippen LogP contribution is 2.39. The number of Topliss-reactive ketones (excluding diaryl/α,β-unsaturated/α-hetero) is 1. The number of hydrogen-bond donors (Lipinski definition) is 1. The molecule has 0 radical (unpaired) electrons. The molecule has 0 aliphatic carbocycles. The molecule has 0 bridgehead atoms. The third kappa shape index (κ3) is 4.97. The standard InChI is InChI=1S/C25H28O6/c1-6-13-30-19-15-21(20(8-3)22(16-19)31-14-7-2)25(4,24(27)28)23(26)17-9-11-18(29-5)12-10-17/h6-7,9-12,15-16H,1-2,8,13-14H2,3-5H3,(H,27,28). The van der Waals surface area contributed by atoms with E-state index in [-0.39, 0.29) is 18.8 Å². The maximum Gasteiger partial charge on any atom is 0.321 e. The largest absolute Gasteiger partial charge is 0.497 e. The maximum atomic E-state index is 13.5. The molecule has 2 aromatic carbocycles. The predicted molar refractivity (Wildman–Crippen MR) is 120 cm³/mol. The summed E-state index contributed by atoms with van der Waals surface area (Å²) in [6, 6.07) is 9.65. The molecule has 0 amide bonds. The summed E-state index contributed by atoms with van der Waals surface area (Å²) in [4.78, 5) is 26.0. The van der Waals surface area contributed by atoms with E-state index in [2.05, 4.69) is 13.2 Å². The maximum absolute atomic E-state index is 13.5. The van der Waals surface area contributed by atoms with E-state index >= 15 is 0 Å². The van der Waals surface area contributed by atoms with Gasteiger partial charge in [-0.25, -0.2) is 0 Å². The van der Waals surface area contributed by atoms with Crippen LogP contribution in [0.5, 0.6) is 17.2 Å². The van der Waals surface area contributed by atoms with E-state index in [0.29, 0.717) is 34.8 Å². The van der Waals surface area contributed by atoms with Gasteiger partial charge in [-0.05, 0) is 54.8 Å². The zero-order valence-electron chi connectivity index (χ0n) is 18.1. The van der Waals surface area contributed by atoms with Crippen LogP contribution in [0.25, 0.3) is 0 Å². The van der Waals surface area contributed by atoms with Crippen molar-refractivity contribution in [1.29, 1.82) is 0 Å². The molecule has 0 aliphatic heterocycles. The number of aliphatic carboxylic acids is 1. The van der Waals surface area contributed by atoms with Crippen molar-refractivity contribution in [3.8, 4) is 17.2 Å². The smallest absolute Gasteiger partial charge is 0.321 e. The Bertz CT molecular complexity index is 961. The lowest BCUT2D eigenvalue weighted by Gasteiger charge is -2.28. The first-order chi connectivity index (χ1) is 14.8. The average Bonchev–Trinajstić information content (AvgIpc) is 2.79. The van der Waals surface area contributed by atoms with Gasteiger partial charge in [0.05, 0.1) is 7.11 Å². The topological polar surface area (TPSA) is 82.1 Å². The van der Waals surface area contributed by atoms with Crippen LogP contribution >= 0.6 is 0 Å². The third-order valence-corrected chi connectivity index (χ3v) is 5.03. The normalized spacial score (nSPS) is 12.4. The van der Waals surface area contributed by atoms with Gasteiger partial charge in [0.2, 0.25) is 0 Å². The zero-order chi connectivity index (χ0) is 23.0. The van der Waals surface area contributed by atoms with E-state index in [1.165, 1.54) is 14.0 Å². The molecular formula is C25H28O6. The molecule has 2 aromatic rings. The summed E-state index contributed by atoms with van der Waals surface area (Å²) in [5.41, 5.74) is -0.651. The van der Waals surface area contributed by atoms with Crippen LogP contribution in [0.2, 0.25) is 0 Å². The summed E-state index contributed by atoms with van der Waals surface area (Å²) in [7, 11) is 1.52. The van der Waals surface area contributed by atoms with Gasteiger partial charge in [0.1, 0.15) is 30.5 Å². The second-order valence-corrected chi connectivity index (χ2v) is 6.99. The molecule has 0 fully saturated rings. The zero-order valence-corrected chi connectivity index (χ0v) is 18.1. The van der Waals surface area contributed by atoms with Gasteiger partial charge in [0.15, 0.2) is 11.2 Å². The molecule has 31 heavy (non-hydrogen) atoms. The molecule has 1 N–H and O–H groups in total. The highest BCUT2D eigenvalue weighted by Gasteiger charge is 2.45. The second-order valence-electron chi connectivity index (χ2n) is 6.99. The van der Waals surface area contributed by atoms with Gasteiger partial charge in [-0.15, -0.1) is 0 Å². The van der Waals surface area contributed by atoms with Crippen LogP contribution in [0.4, 0.5) is 0 Å². The van der Waals surface area contributed by atoms with E-state index in [1.54, 1.807) is 48.6 Å². The number of benzene rings is 2. The molecule has 0 saturated carbocycles. The number of methoxy groups -OCH3 is 1. The van der Waals surface area contributed by atoms with Crippen molar-refractivity contribution < 1.29 is 28.9 Å². The fourth-order valence-electron chi connectivity index (χ4n) is 3.31. The van der Waals surface area contributed by atoms with Crippen molar-refractivity contribution in [2.75, 3.05) is 20.3 Å². The first-order valence-corrected chi connectivity index (χ1v) is 9.90. The second kappa shape index (κ2) is 10.5. The molecule has 0 spiro atoms. The molecule has 0 saturated heterocycles. The summed E-state index contributed by atoms with van der Waals surface area (Å²) < 4.78 is 16.6. The summed E-state index contributed by atoms with van der Waals surface area (Å²) in [5.74, 6) is -0.399. The Kier molecular flexibility index (Phi) is 8.02. The molecule has 6 heteroatoms. The monoisotopic (exact) mass is 424 g/mol. The Hall–Kier alpha value is -3.54. The molecule has 1 atom stereocenters. The Morgan fingerprint density at radius 2 is 1.65 bits per heavy atom. The molecule has 6 nitrogen and oxygen atoms in total. The SMILES string of the molecule is C=CCOc1cc(OCC=C)c(CC)c(C(C)(C(=O)O)C(=O)c2ccc(OC)cc2)c1. The van der Waals surface area contributed by atoms with E-state index in [4.69, 9.17) is 14.2 Å². The Labute approximate surface area is 182 Å². The Morgan fingerprint density at radius 1 is 1.03 bits per heavy atom. The van der Waals surface area contributed by atoms with Gasteiger partial charge >= 0.3 is 5.97 Å². The van der Waals surface area contributed by atoms with E-state index < -0.39 is 17.2 Å². The number of hydrogen-bond acceptors (Lipinski definition) is 5. The van der Waals surface area contributed by atoms with E-state index in [1.807, 2.05) is 6.92 Å². The minimum Gasteiger partial charge on any atom is -0.497 e. The fraction of sp³-hybridized carbons (Fsp3) is 0.280. The van der Waals surface area contributed by atoms with Crippen molar-refractivity contribution in [3.05, 3.63) is 78.4 Å². The quantitative estimate of drug-likeness (QED) is 0.304. The van der Waals surface area contributed by atoms with Gasteiger partial charge in [-0.1, -0.05) is 32.2 Å². The predicted octanol–water partition coefficient (Wildman–Crippen LogP) is 4.61. The number of carbonyl (C=O) groups excluding carboxylic acids is 1. The van der Waals surface area contributed by atoms with Crippen molar-refractivity contribution in [2.24, 2.45) is 0 Å². The minimum absolute atomic E-state index is 0.224. The van der Waals surface area contributed by atoms with Crippen LogP contribution < -0.4 is 14.2 Å². The van der Waals surface area contributed by atoms with Crippen LogP contribution in [-0.4, -0.2) is 37.2 Å². The molecule has 1 unspecified atom stereocenters. The molecule has 0 heterocycles. The summed E-state index contributed by atoms with van der Waals surface area (Å²) in [6.45, 7) is 11.0. The first-order valence-electron chi connectivity index (χ1n) is 9.90. The van der Waals surface area contributed by atoms with Crippen LogP contribution in [0.15, 0.2) is 61.7 Å². The minimum atomic E-state index is -1.86. The van der Waals surface area contributed by atoms with Gasteiger partial charge in [-0.2, -0.15) is 0 Å². The van der Waals surface area contributed by atoms with Gasteiger partial charge in [0.25, 0.3) is 0 Å². The van der Waals surface area contributed by atoms with Crippen LogP contribution in [-0.2, 0) is 16.6 Å². The lowest BCUT2D eigenvalue weighted by atomic mass is 9.73. The Balaban J connectivity index is 2.71. The van der Waals surface area contributed by atoms with Gasteiger partial charge in [-0.3, -0.25) is 9.59 Å². The van der Waals surface area contributed by atoms with Crippen LogP contribution in [0.1, 0.15) is 35.3 Å². The van der Waals surface area contributed by atoms with Crippen LogP contribution in [0, 0.1) is 0 Å². The fourth-order valence-corrected chi connectivity index (χ4v) is 3.31. The third-order valence-electron chi connectivity index (χ3n) is 5.03. The first kappa shape index (κ1) is 23.7. The number of carbonyl (C=O) groups is 2. The Morgan fingerprint density at radius 3 is 2.16 bits per heavy atom. The van der Waals surface area contributed by atoms with E-state index in [0.717, 1.165) is 0 Å². The average molecular weight is 424 g/mol. The van der Waals surface area contributed by atoms with Crippen molar-refractivity contribution in [1.82, 2.24) is 0 Å². The summed E-state index contributed by atoms with van der Waals surface area (Å²) >= 11 is 0. The van der Waals surface area contributed by atoms with Crippen molar-refractivity contribution in [2.45, 2.75) is 25.7 Å². The lowest BCUT2D eigenvalue weighted by Crippen LogP contribution is -2.42. The number of rotatable bonds is 12. The molecule has 2 rings (SSSR count). The molecular weight excluding hydrogens is 396 g/mol. The van der Waals surface area contributed by atoms with Crippen molar-refractivity contribution >= 4 is 11.8 Å². The van der Waals surface area contributed by atoms with E-state index in [9.17, 15) is 14.7 Å². The molecule has 0 aromatic heterocycles. The van der Waals surface area contributed by atoms with Gasteiger partial charge in [0, 0.05) is 11.6 Å². The molecule has 0 aliphatic rings. The van der Waals surface area contributed by atoms with Gasteiger partial charge < -0.3 is 19.3 Å². The number of ketones is 1. The summed E-state index contributed by atoms with van der Waals surface area (Å²) in [6.07, 6.45) is 3.63. The van der Waals surface area contributed by atoms with Crippen LogP contribution in [0.3, 0.4) is 0 Å². The highest BCUT2D eigenvalue weighted by molar-refractivity contribution is 6.16. The molecule has 164 valence electrons. The summed E-state index contributed by atoms with van der Waals surface area (Å²) in [5, 5.41) is 10.2.